The van der Waals surface area contributed by atoms with E-state index in [2.05, 4.69) is 31.1 Å². The molecule has 0 spiro atoms. The standard InChI is InChI=1S/C29H32F4N2O3Si/c1-27(2,3)39(4,5)38-16-20-14-25(29(31,32)33)34-15-24(20)19-6-8-21(9-7-19)28(17-37-18-28)26(36)35-23-12-10-22(30)11-13-23/h6-15H,16-18H2,1-5H3,(H,35,36). The highest BCUT2D eigenvalue weighted by Crippen LogP contribution is 2.39. The molecule has 1 saturated heterocycles. The highest BCUT2D eigenvalue weighted by atomic mass is 28.4. The number of carbonyl (C=O) groups excluding carboxylic acids is 1. The van der Waals surface area contributed by atoms with Gasteiger partial charge in [-0.25, -0.2) is 4.39 Å². The molecule has 1 N–H and O–H groups in total. The van der Waals surface area contributed by atoms with Crippen molar-refractivity contribution in [3.05, 3.63) is 83.4 Å². The van der Waals surface area contributed by atoms with Crippen molar-refractivity contribution < 1.29 is 31.5 Å². The molecule has 0 atom stereocenters. The Kier molecular flexibility index (Phi) is 7.77. The molecule has 0 radical (unpaired) electrons. The van der Waals surface area contributed by atoms with Crippen LogP contribution in [0.5, 0.6) is 0 Å². The van der Waals surface area contributed by atoms with Gasteiger partial charge in [0.15, 0.2) is 8.32 Å². The SMILES string of the molecule is CC(C)(C)[Si](C)(C)OCc1cc(C(F)(F)F)ncc1-c1ccc(C2(C(=O)Nc3ccc(F)cc3)COC2)cc1. The van der Waals surface area contributed by atoms with E-state index in [0.717, 1.165) is 6.07 Å². The molecule has 5 nitrogen and oxygen atoms in total. The normalized spacial score (nSPS) is 15.5. The third-order valence-corrected chi connectivity index (χ3v) is 12.1. The van der Waals surface area contributed by atoms with Crippen molar-refractivity contribution in [3.63, 3.8) is 0 Å². The molecule has 0 saturated carbocycles. The van der Waals surface area contributed by atoms with Gasteiger partial charge in [0.25, 0.3) is 0 Å². The van der Waals surface area contributed by atoms with E-state index in [1.54, 1.807) is 24.3 Å². The predicted octanol–water partition coefficient (Wildman–Crippen LogP) is 7.34. The number of pyridine rings is 1. The van der Waals surface area contributed by atoms with Gasteiger partial charge in [-0.05, 0) is 65.2 Å². The lowest BCUT2D eigenvalue weighted by Gasteiger charge is -2.40. The first kappa shape index (κ1) is 28.9. The van der Waals surface area contributed by atoms with Crippen LogP contribution in [0.4, 0.5) is 23.2 Å². The summed E-state index contributed by atoms with van der Waals surface area (Å²) in [5, 5.41) is 2.71. The molecule has 1 aliphatic rings. The van der Waals surface area contributed by atoms with E-state index >= 15 is 0 Å². The second kappa shape index (κ2) is 10.5. The summed E-state index contributed by atoms with van der Waals surface area (Å²) in [6, 6.07) is 13.6. The number of aromatic nitrogens is 1. The number of hydrogen-bond acceptors (Lipinski definition) is 4. The first-order chi connectivity index (χ1) is 18.1. The van der Waals surface area contributed by atoms with Crippen LogP contribution in [0.3, 0.4) is 0 Å². The maximum absolute atomic E-state index is 13.5. The van der Waals surface area contributed by atoms with Crippen molar-refractivity contribution in [2.45, 2.75) is 57.1 Å². The minimum atomic E-state index is -4.58. The number of halogens is 4. The van der Waals surface area contributed by atoms with E-state index in [9.17, 15) is 22.4 Å². The minimum absolute atomic E-state index is 0.0248. The Labute approximate surface area is 226 Å². The Morgan fingerprint density at radius 2 is 1.67 bits per heavy atom. The molecule has 0 aliphatic carbocycles. The number of hydrogen-bond donors (Lipinski definition) is 1. The summed E-state index contributed by atoms with van der Waals surface area (Å²) < 4.78 is 65.3. The van der Waals surface area contributed by atoms with E-state index < -0.39 is 31.4 Å². The summed E-state index contributed by atoms with van der Waals surface area (Å²) >= 11 is 0. The number of benzene rings is 2. The zero-order chi connectivity index (χ0) is 28.6. The van der Waals surface area contributed by atoms with Gasteiger partial charge in [0.05, 0.1) is 19.8 Å². The monoisotopic (exact) mass is 560 g/mol. The van der Waals surface area contributed by atoms with Crippen molar-refractivity contribution >= 4 is 19.9 Å². The molecule has 0 unspecified atom stereocenters. The van der Waals surface area contributed by atoms with Crippen LogP contribution in [0.1, 0.15) is 37.6 Å². The summed E-state index contributed by atoms with van der Waals surface area (Å²) in [5.74, 6) is -0.690. The number of ether oxygens (including phenoxy) is 1. The largest absolute Gasteiger partial charge is 0.433 e. The molecule has 1 fully saturated rings. The van der Waals surface area contributed by atoms with E-state index in [1.807, 2.05) is 13.1 Å². The highest BCUT2D eigenvalue weighted by Gasteiger charge is 2.47. The third kappa shape index (κ3) is 6.07. The first-order valence-corrected chi connectivity index (χ1v) is 15.5. The van der Waals surface area contributed by atoms with Crippen LogP contribution < -0.4 is 5.32 Å². The highest BCUT2D eigenvalue weighted by molar-refractivity contribution is 6.74. The Morgan fingerprint density at radius 3 is 2.18 bits per heavy atom. The first-order valence-electron chi connectivity index (χ1n) is 12.6. The van der Waals surface area contributed by atoms with E-state index in [-0.39, 0.29) is 30.8 Å². The summed E-state index contributed by atoms with van der Waals surface area (Å²) in [6.45, 7) is 10.7. The van der Waals surface area contributed by atoms with Crippen LogP contribution in [0.15, 0.2) is 60.8 Å². The molecule has 0 bridgehead atoms. The van der Waals surface area contributed by atoms with Crippen molar-refractivity contribution in [3.8, 4) is 11.1 Å². The molecule has 10 heteroatoms. The van der Waals surface area contributed by atoms with Crippen molar-refractivity contribution in [1.82, 2.24) is 4.98 Å². The Hall–Kier alpha value is -3.08. The van der Waals surface area contributed by atoms with Gasteiger partial charge in [0, 0.05) is 17.4 Å². The molecule has 2 aromatic carbocycles. The predicted molar refractivity (Wildman–Crippen MR) is 144 cm³/mol. The van der Waals surface area contributed by atoms with E-state index in [4.69, 9.17) is 9.16 Å². The fourth-order valence-corrected chi connectivity index (χ4v) is 4.94. The number of nitrogens with zero attached hydrogens (tertiary/aromatic N) is 1. The average Bonchev–Trinajstić information content (AvgIpc) is 2.82. The lowest BCUT2D eigenvalue weighted by Crippen LogP contribution is -2.55. The number of rotatable bonds is 7. The number of carbonyl (C=O) groups is 1. The van der Waals surface area contributed by atoms with Gasteiger partial charge in [-0.1, -0.05) is 45.0 Å². The molecule has 1 aromatic heterocycles. The van der Waals surface area contributed by atoms with Gasteiger partial charge < -0.3 is 14.5 Å². The van der Waals surface area contributed by atoms with Gasteiger partial charge in [0.2, 0.25) is 5.91 Å². The van der Waals surface area contributed by atoms with Crippen LogP contribution in [-0.2, 0) is 32.2 Å². The second-order valence-corrected chi connectivity index (χ2v) is 16.2. The lowest BCUT2D eigenvalue weighted by atomic mass is 9.77. The topological polar surface area (TPSA) is 60.5 Å². The fourth-order valence-electron chi connectivity index (χ4n) is 3.99. The maximum Gasteiger partial charge on any atom is 0.433 e. The van der Waals surface area contributed by atoms with Gasteiger partial charge >= 0.3 is 6.18 Å². The van der Waals surface area contributed by atoms with Crippen molar-refractivity contribution in [2.75, 3.05) is 18.5 Å². The molecule has 4 rings (SSSR count). The summed E-state index contributed by atoms with van der Waals surface area (Å²) in [7, 11) is -2.23. The zero-order valence-electron chi connectivity index (χ0n) is 22.6. The quantitative estimate of drug-likeness (QED) is 0.243. The lowest BCUT2D eigenvalue weighted by molar-refractivity contribution is -0.141. The Morgan fingerprint density at radius 1 is 1.05 bits per heavy atom. The average molecular weight is 561 g/mol. The molecule has 3 aromatic rings. The fraction of sp³-hybridized carbons (Fsp3) is 0.379. The van der Waals surface area contributed by atoms with Crippen molar-refractivity contribution in [1.29, 1.82) is 0 Å². The molecular weight excluding hydrogens is 528 g/mol. The van der Waals surface area contributed by atoms with Crippen LogP contribution in [-0.4, -0.2) is 32.4 Å². The minimum Gasteiger partial charge on any atom is -0.413 e. The van der Waals surface area contributed by atoms with E-state index in [1.165, 1.54) is 30.5 Å². The van der Waals surface area contributed by atoms with Crippen molar-refractivity contribution in [2.24, 2.45) is 0 Å². The molecular formula is C29H32F4N2O3Si. The van der Waals surface area contributed by atoms with Crippen LogP contribution >= 0.6 is 0 Å². The molecule has 2 heterocycles. The smallest absolute Gasteiger partial charge is 0.413 e. The van der Waals surface area contributed by atoms with E-state index in [0.29, 0.717) is 27.9 Å². The molecule has 1 amide bonds. The Balaban J connectivity index is 1.63. The number of amides is 1. The van der Waals surface area contributed by atoms with Gasteiger partial charge in [0.1, 0.15) is 16.9 Å². The van der Waals surface area contributed by atoms with Crippen LogP contribution in [0.2, 0.25) is 18.1 Å². The van der Waals surface area contributed by atoms with Gasteiger partial charge in [-0.3, -0.25) is 9.78 Å². The Bertz CT molecular complexity index is 1330. The molecule has 208 valence electrons. The molecule has 1 aliphatic heterocycles. The van der Waals surface area contributed by atoms with Gasteiger partial charge in [-0.15, -0.1) is 0 Å². The number of alkyl halides is 3. The summed E-state index contributed by atoms with van der Waals surface area (Å²) in [6.07, 6.45) is -3.35. The second-order valence-electron chi connectivity index (χ2n) is 11.4. The maximum atomic E-state index is 13.5. The summed E-state index contributed by atoms with van der Waals surface area (Å²) in [5.41, 5.74) is 0.846. The number of anilines is 1. The zero-order valence-corrected chi connectivity index (χ0v) is 23.6. The van der Waals surface area contributed by atoms with Crippen LogP contribution in [0.25, 0.3) is 11.1 Å². The van der Waals surface area contributed by atoms with Crippen LogP contribution in [0, 0.1) is 5.82 Å². The summed E-state index contributed by atoms with van der Waals surface area (Å²) in [4.78, 5) is 16.9. The number of nitrogens with one attached hydrogen (secondary N) is 1. The van der Waals surface area contributed by atoms with Gasteiger partial charge in [-0.2, -0.15) is 13.2 Å². The molecule has 39 heavy (non-hydrogen) atoms. The third-order valence-electron chi connectivity index (χ3n) is 7.66.